The van der Waals surface area contributed by atoms with E-state index in [-0.39, 0.29) is 5.54 Å². The van der Waals surface area contributed by atoms with Gasteiger partial charge < -0.3 is 21.4 Å². The average molecular weight is 312 g/mol. The van der Waals surface area contributed by atoms with Crippen LogP contribution in [0.15, 0.2) is 24.3 Å². The lowest BCUT2D eigenvalue weighted by molar-refractivity contribution is 0.428. The van der Waals surface area contributed by atoms with Gasteiger partial charge in [-0.15, -0.1) is 0 Å². The Morgan fingerprint density at radius 2 is 1.96 bits per heavy atom. The van der Waals surface area contributed by atoms with E-state index in [9.17, 15) is 0 Å². The smallest absolute Gasteiger partial charge is 0.152 e. The molecule has 0 bridgehead atoms. The van der Waals surface area contributed by atoms with E-state index in [2.05, 4.69) is 27.9 Å². The monoisotopic (exact) mass is 312 g/mol. The van der Waals surface area contributed by atoms with Crippen molar-refractivity contribution in [1.82, 2.24) is 19.9 Å². The maximum Gasteiger partial charge on any atom is 0.152 e. The highest BCUT2D eigenvalue weighted by atomic mass is 15.1. The summed E-state index contributed by atoms with van der Waals surface area (Å²) in [6, 6.07) is 8.01. The fourth-order valence-corrected chi connectivity index (χ4v) is 2.85. The second-order valence-corrected chi connectivity index (χ2v) is 6.59. The molecule has 0 aliphatic carbocycles. The minimum Gasteiger partial charge on any atom is -0.382 e. The summed E-state index contributed by atoms with van der Waals surface area (Å²) in [6.07, 6.45) is 0. The number of hydrogen-bond acceptors (Lipinski definition) is 5. The van der Waals surface area contributed by atoms with E-state index in [4.69, 9.17) is 16.5 Å². The number of anilines is 1. The first-order valence-electron chi connectivity index (χ1n) is 7.93. The van der Waals surface area contributed by atoms with Gasteiger partial charge >= 0.3 is 0 Å². The van der Waals surface area contributed by atoms with Gasteiger partial charge in [0.1, 0.15) is 11.3 Å². The highest BCUT2D eigenvalue weighted by molar-refractivity contribution is 6.06. The first-order valence-corrected chi connectivity index (χ1v) is 7.93. The number of imidazole rings is 1. The van der Waals surface area contributed by atoms with Crippen molar-refractivity contribution in [3.63, 3.8) is 0 Å². The second-order valence-electron chi connectivity index (χ2n) is 6.59. The average Bonchev–Trinajstić information content (AvgIpc) is 2.83. The summed E-state index contributed by atoms with van der Waals surface area (Å²) in [6.45, 7) is 8.33. The van der Waals surface area contributed by atoms with Crippen LogP contribution in [0.25, 0.3) is 21.9 Å². The van der Waals surface area contributed by atoms with E-state index in [0.717, 1.165) is 34.3 Å². The predicted octanol–water partition coefficient (Wildman–Crippen LogP) is 2.01. The van der Waals surface area contributed by atoms with Gasteiger partial charge in [-0.2, -0.15) is 0 Å². The van der Waals surface area contributed by atoms with Crippen LogP contribution in [0.2, 0.25) is 0 Å². The van der Waals surface area contributed by atoms with Crippen LogP contribution in [0, 0.1) is 0 Å². The van der Waals surface area contributed by atoms with Crippen molar-refractivity contribution < 1.29 is 0 Å². The van der Waals surface area contributed by atoms with Gasteiger partial charge in [-0.1, -0.05) is 25.1 Å². The lowest BCUT2D eigenvalue weighted by atomic mass is 10.1. The first kappa shape index (κ1) is 15.7. The van der Waals surface area contributed by atoms with E-state index in [1.54, 1.807) is 0 Å². The van der Waals surface area contributed by atoms with E-state index >= 15 is 0 Å². The zero-order valence-corrected chi connectivity index (χ0v) is 13.9. The summed E-state index contributed by atoms with van der Waals surface area (Å²) in [5, 5.41) is 4.39. The van der Waals surface area contributed by atoms with Crippen molar-refractivity contribution in [2.45, 2.75) is 39.4 Å². The Balaban J connectivity index is 2.32. The lowest BCUT2D eigenvalue weighted by Gasteiger charge is -2.22. The van der Waals surface area contributed by atoms with Gasteiger partial charge in [0.25, 0.3) is 0 Å². The highest BCUT2D eigenvalue weighted by Crippen LogP contribution is 2.29. The fourth-order valence-electron chi connectivity index (χ4n) is 2.85. The molecule has 0 saturated carbocycles. The maximum atomic E-state index is 6.28. The summed E-state index contributed by atoms with van der Waals surface area (Å²) < 4.78 is 2.18. The molecule has 0 aliphatic heterocycles. The number of benzene rings is 1. The Bertz CT molecular complexity index is 844. The number of nitrogens with two attached hydrogens (primary N) is 2. The third-order valence-electron chi connectivity index (χ3n) is 3.79. The standard InChI is InChI=1S/C17H24N6/c1-4-20-9-13-22-14-15(23(13)10-17(2,3)19)11-7-5-6-8-12(11)21-16(14)18/h5-8,20H,4,9-10,19H2,1-3H3,(H2,18,21). The Labute approximate surface area is 135 Å². The van der Waals surface area contributed by atoms with Crippen molar-refractivity contribution in [2.75, 3.05) is 12.3 Å². The highest BCUT2D eigenvalue weighted by Gasteiger charge is 2.21. The van der Waals surface area contributed by atoms with E-state index in [0.29, 0.717) is 18.9 Å². The zero-order chi connectivity index (χ0) is 16.6. The largest absolute Gasteiger partial charge is 0.382 e. The number of aromatic nitrogens is 3. The van der Waals surface area contributed by atoms with Crippen LogP contribution in [-0.4, -0.2) is 26.6 Å². The Morgan fingerprint density at radius 3 is 2.65 bits per heavy atom. The zero-order valence-electron chi connectivity index (χ0n) is 13.9. The molecule has 0 saturated heterocycles. The molecule has 3 aromatic rings. The predicted molar refractivity (Wildman–Crippen MR) is 95.1 cm³/mol. The summed E-state index contributed by atoms with van der Waals surface area (Å²) >= 11 is 0. The van der Waals surface area contributed by atoms with Gasteiger partial charge in [0.15, 0.2) is 5.82 Å². The molecule has 122 valence electrons. The van der Waals surface area contributed by atoms with Crippen molar-refractivity contribution >= 4 is 27.8 Å². The molecule has 0 amide bonds. The van der Waals surface area contributed by atoms with Crippen LogP contribution in [0.3, 0.4) is 0 Å². The van der Waals surface area contributed by atoms with Crippen molar-refractivity contribution in [1.29, 1.82) is 0 Å². The molecular formula is C17H24N6. The fraction of sp³-hybridized carbons (Fsp3) is 0.412. The van der Waals surface area contributed by atoms with Gasteiger partial charge in [0, 0.05) is 17.5 Å². The van der Waals surface area contributed by atoms with Gasteiger partial charge in [0.05, 0.1) is 17.6 Å². The lowest BCUT2D eigenvalue weighted by Crippen LogP contribution is -2.37. The number of fused-ring (bicyclic) bond motifs is 3. The molecule has 0 atom stereocenters. The summed E-state index contributed by atoms with van der Waals surface area (Å²) in [7, 11) is 0. The van der Waals surface area contributed by atoms with Crippen LogP contribution in [0.4, 0.5) is 5.82 Å². The third-order valence-corrected chi connectivity index (χ3v) is 3.79. The second kappa shape index (κ2) is 5.79. The summed E-state index contributed by atoms with van der Waals surface area (Å²) in [5.74, 6) is 1.40. The molecule has 5 N–H and O–H groups in total. The van der Waals surface area contributed by atoms with Crippen LogP contribution >= 0.6 is 0 Å². The van der Waals surface area contributed by atoms with Crippen LogP contribution in [0.1, 0.15) is 26.6 Å². The molecule has 0 spiro atoms. The number of nitrogens with one attached hydrogen (secondary N) is 1. The van der Waals surface area contributed by atoms with Gasteiger partial charge in [0.2, 0.25) is 0 Å². The van der Waals surface area contributed by atoms with E-state index in [1.807, 2.05) is 32.0 Å². The van der Waals surface area contributed by atoms with Crippen molar-refractivity contribution in [2.24, 2.45) is 5.73 Å². The number of nitrogens with zero attached hydrogens (tertiary/aromatic N) is 3. The number of hydrogen-bond donors (Lipinski definition) is 3. The SMILES string of the molecule is CCNCc1nc2c(N)nc3ccccc3c2n1CC(C)(C)N. The summed E-state index contributed by atoms with van der Waals surface area (Å²) in [4.78, 5) is 9.23. The molecule has 3 rings (SSSR count). The molecule has 6 heteroatoms. The Kier molecular flexibility index (Phi) is 3.95. The Hall–Kier alpha value is -2.18. The van der Waals surface area contributed by atoms with Crippen LogP contribution in [0.5, 0.6) is 0 Å². The van der Waals surface area contributed by atoms with Crippen LogP contribution in [-0.2, 0) is 13.1 Å². The molecule has 6 nitrogen and oxygen atoms in total. The van der Waals surface area contributed by atoms with E-state index < -0.39 is 0 Å². The molecule has 0 unspecified atom stereocenters. The molecular weight excluding hydrogens is 288 g/mol. The minimum absolute atomic E-state index is 0.353. The molecule has 0 fully saturated rings. The topological polar surface area (TPSA) is 94.8 Å². The summed E-state index contributed by atoms with van der Waals surface area (Å²) in [5.41, 5.74) is 14.7. The molecule has 23 heavy (non-hydrogen) atoms. The number of nitrogen functional groups attached to an aromatic ring is 1. The first-order chi connectivity index (χ1) is 10.9. The molecule has 1 aromatic carbocycles. The van der Waals surface area contributed by atoms with Gasteiger partial charge in [-0.3, -0.25) is 0 Å². The quantitative estimate of drug-likeness (QED) is 0.670. The van der Waals surface area contributed by atoms with Crippen molar-refractivity contribution in [3.05, 3.63) is 30.1 Å². The molecule has 0 radical (unpaired) electrons. The molecule has 0 aliphatic rings. The maximum absolute atomic E-state index is 6.28. The van der Waals surface area contributed by atoms with Gasteiger partial charge in [-0.25, -0.2) is 9.97 Å². The normalized spacial score (nSPS) is 12.3. The number of rotatable bonds is 5. The third kappa shape index (κ3) is 3.00. The molecule has 2 aromatic heterocycles. The number of pyridine rings is 1. The van der Waals surface area contributed by atoms with E-state index in [1.165, 1.54) is 0 Å². The Morgan fingerprint density at radius 1 is 1.22 bits per heavy atom. The van der Waals surface area contributed by atoms with Crippen LogP contribution < -0.4 is 16.8 Å². The minimum atomic E-state index is -0.353. The van der Waals surface area contributed by atoms with Gasteiger partial charge in [-0.05, 0) is 26.5 Å². The molecule has 2 heterocycles. The number of para-hydroxylation sites is 1. The van der Waals surface area contributed by atoms with Crippen molar-refractivity contribution in [3.8, 4) is 0 Å².